The molecule has 1 aromatic carbocycles. The fourth-order valence-electron chi connectivity index (χ4n) is 1.50. The van der Waals surface area contributed by atoms with E-state index in [2.05, 4.69) is 5.32 Å². The van der Waals surface area contributed by atoms with Crippen molar-refractivity contribution < 1.29 is 19.6 Å². The van der Waals surface area contributed by atoms with Gasteiger partial charge in [0.2, 0.25) is 5.91 Å². The molecule has 18 heavy (non-hydrogen) atoms. The Kier molecular flexibility index (Phi) is 4.36. The van der Waals surface area contributed by atoms with Gasteiger partial charge >= 0.3 is 5.97 Å². The Hall–Kier alpha value is -2.44. The number of aliphatic carboxylic acids is 1. The number of nitro groups is 1. The van der Waals surface area contributed by atoms with E-state index in [9.17, 15) is 19.7 Å². The van der Waals surface area contributed by atoms with E-state index in [4.69, 9.17) is 5.11 Å². The number of hydrogen-bond donors (Lipinski definition) is 2. The maximum atomic E-state index is 11.0. The second-order valence-electron chi connectivity index (χ2n) is 3.70. The lowest BCUT2D eigenvalue weighted by Crippen LogP contribution is -2.27. The molecule has 2 N–H and O–H groups in total. The normalized spacial score (nSPS) is 11.6. The van der Waals surface area contributed by atoms with Crippen LogP contribution in [0.5, 0.6) is 0 Å². The highest BCUT2D eigenvalue weighted by Crippen LogP contribution is 2.20. The molecular weight excluding hydrogens is 240 g/mol. The Balaban J connectivity index is 2.93. The summed E-state index contributed by atoms with van der Waals surface area (Å²) in [6.07, 6.45) is -0.280. The number of amides is 1. The summed E-state index contributed by atoms with van der Waals surface area (Å²) in [5, 5.41) is 21.7. The third-order valence-electron chi connectivity index (χ3n) is 2.26. The second kappa shape index (κ2) is 5.76. The fourth-order valence-corrected chi connectivity index (χ4v) is 1.50. The monoisotopic (exact) mass is 252 g/mol. The molecule has 0 spiro atoms. The van der Waals surface area contributed by atoms with Gasteiger partial charge < -0.3 is 10.4 Å². The van der Waals surface area contributed by atoms with Crippen molar-refractivity contribution in [2.45, 2.75) is 19.4 Å². The number of rotatable bonds is 5. The van der Waals surface area contributed by atoms with E-state index >= 15 is 0 Å². The van der Waals surface area contributed by atoms with Crippen LogP contribution in [0.3, 0.4) is 0 Å². The summed E-state index contributed by atoms with van der Waals surface area (Å²) in [6.45, 7) is 1.28. The number of nitrogens with zero attached hydrogens (tertiary/aromatic N) is 1. The zero-order valence-electron chi connectivity index (χ0n) is 9.62. The zero-order valence-corrected chi connectivity index (χ0v) is 9.62. The summed E-state index contributed by atoms with van der Waals surface area (Å²) in [6, 6.07) is 4.71. The minimum absolute atomic E-state index is 0.0874. The lowest BCUT2D eigenvalue weighted by atomic mass is 10.0. The Bertz CT molecular complexity index is 453. The number of carboxylic acids is 1. The van der Waals surface area contributed by atoms with E-state index < -0.39 is 16.9 Å². The maximum absolute atomic E-state index is 11.0. The first-order valence-corrected chi connectivity index (χ1v) is 5.13. The molecule has 0 fully saturated rings. The van der Waals surface area contributed by atoms with Gasteiger partial charge in [-0.05, 0) is 5.56 Å². The molecule has 1 rings (SSSR count). The summed E-state index contributed by atoms with van der Waals surface area (Å²) >= 11 is 0. The number of carbonyl (C=O) groups is 2. The highest BCUT2D eigenvalue weighted by atomic mass is 16.6. The number of carboxylic acid groups (broad SMARTS) is 1. The van der Waals surface area contributed by atoms with Crippen LogP contribution >= 0.6 is 0 Å². The first kappa shape index (κ1) is 13.6. The Morgan fingerprint density at radius 2 is 1.94 bits per heavy atom. The van der Waals surface area contributed by atoms with Crippen LogP contribution in [0.15, 0.2) is 24.3 Å². The molecule has 0 saturated heterocycles. The highest BCUT2D eigenvalue weighted by molar-refractivity contribution is 5.75. The Morgan fingerprint density at radius 3 is 2.33 bits per heavy atom. The van der Waals surface area contributed by atoms with Crippen molar-refractivity contribution in [1.29, 1.82) is 0 Å². The molecule has 0 unspecified atom stereocenters. The van der Waals surface area contributed by atoms with E-state index in [-0.39, 0.29) is 18.0 Å². The maximum Gasteiger partial charge on any atom is 0.305 e. The van der Waals surface area contributed by atoms with E-state index in [1.807, 2.05) is 0 Å². The molecule has 1 aromatic rings. The summed E-state index contributed by atoms with van der Waals surface area (Å²) in [5.41, 5.74) is 0.425. The van der Waals surface area contributed by atoms with Crippen LogP contribution in [0.2, 0.25) is 0 Å². The summed E-state index contributed by atoms with van der Waals surface area (Å²) in [4.78, 5) is 31.6. The van der Waals surface area contributed by atoms with Gasteiger partial charge in [0.25, 0.3) is 5.69 Å². The van der Waals surface area contributed by atoms with Crippen molar-refractivity contribution in [2.75, 3.05) is 0 Å². The number of hydrogen-bond acceptors (Lipinski definition) is 4. The van der Waals surface area contributed by atoms with Crippen LogP contribution in [-0.4, -0.2) is 21.9 Å². The van der Waals surface area contributed by atoms with Crippen molar-refractivity contribution in [2.24, 2.45) is 0 Å². The van der Waals surface area contributed by atoms with Crippen LogP contribution in [0.1, 0.15) is 24.9 Å². The van der Waals surface area contributed by atoms with Crippen molar-refractivity contribution in [3.8, 4) is 0 Å². The predicted octanol–water partition coefficient (Wildman–Crippen LogP) is 1.25. The van der Waals surface area contributed by atoms with Crippen LogP contribution in [-0.2, 0) is 9.59 Å². The number of non-ortho nitro benzene ring substituents is 1. The largest absolute Gasteiger partial charge is 0.481 e. The van der Waals surface area contributed by atoms with E-state index in [0.717, 1.165) is 0 Å². The SMILES string of the molecule is CC(=O)N[C@H](CC(=O)O)c1ccc([N+](=O)[O-])cc1. The standard InChI is InChI=1S/C11H12N2O5/c1-7(14)12-10(6-11(15)16)8-2-4-9(5-3-8)13(17)18/h2-5,10H,6H2,1H3,(H,12,14)(H,15,16)/t10-/m1/s1. The van der Waals surface area contributed by atoms with E-state index in [1.54, 1.807) is 0 Å². The summed E-state index contributed by atoms with van der Waals surface area (Å²) in [7, 11) is 0. The molecule has 1 atom stereocenters. The molecule has 96 valence electrons. The summed E-state index contributed by atoms with van der Waals surface area (Å²) in [5.74, 6) is -1.42. The van der Waals surface area contributed by atoms with Crippen molar-refractivity contribution in [3.63, 3.8) is 0 Å². The van der Waals surface area contributed by atoms with Crippen molar-refractivity contribution in [1.82, 2.24) is 5.32 Å². The lowest BCUT2D eigenvalue weighted by Gasteiger charge is -2.15. The molecule has 7 nitrogen and oxygen atoms in total. The van der Waals surface area contributed by atoms with Gasteiger partial charge in [-0.1, -0.05) is 12.1 Å². The number of carbonyl (C=O) groups excluding carboxylic acids is 1. The van der Waals surface area contributed by atoms with Gasteiger partial charge in [-0.15, -0.1) is 0 Å². The second-order valence-corrected chi connectivity index (χ2v) is 3.70. The van der Waals surface area contributed by atoms with Crippen LogP contribution < -0.4 is 5.32 Å². The Labute approximate surface area is 103 Å². The average molecular weight is 252 g/mol. The molecule has 0 radical (unpaired) electrons. The average Bonchev–Trinajstić information content (AvgIpc) is 2.27. The third-order valence-corrected chi connectivity index (χ3v) is 2.26. The number of nitro benzene ring substituents is 1. The van der Waals surface area contributed by atoms with E-state index in [1.165, 1.54) is 31.2 Å². The molecule has 7 heteroatoms. The van der Waals surface area contributed by atoms with Gasteiger partial charge in [0.1, 0.15) is 0 Å². The minimum atomic E-state index is -1.06. The molecule has 0 saturated carbocycles. The molecular formula is C11H12N2O5. The lowest BCUT2D eigenvalue weighted by molar-refractivity contribution is -0.384. The smallest absolute Gasteiger partial charge is 0.305 e. The van der Waals surface area contributed by atoms with Crippen LogP contribution in [0.4, 0.5) is 5.69 Å². The zero-order chi connectivity index (χ0) is 13.7. The molecule has 0 bridgehead atoms. The van der Waals surface area contributed by atoms with Crippen LogP contribution in [0, 0.1) is 10.1 Å². The molecule has 0 aliphatic carbocycles. The number of benzene rings is 1. The molecule has 0 heterocycles. The molecule has 0 aromatic heterocycles. The predicted molar refractivity (Wildman–Crippen MR) is 61.9 cm³/mol. The van der Waals surface area contributed by atoms with E-state index in [0.29, 0.717) is 5.56 Å². The minimum Gasteiger partial charge on any atom is -0.481 e. The van der Waals surface area contributed by atoms with Crippen LogP contribution in [0.25, 0.3) is 0 Å². The van der Waals surface area contributed by atoms with Crippen molar-refractivity contribution >= 4 is 17.6 Å². The topological polar surface area (TPSA) is 110 Å². The Morgan fingerprint density at radius 1 is 1.39 bits per heavy atom. The van der Waals surface area contributed by atoms with Gasteiger partial charge in [0.05, 0.1) is 17.4 Å². The molecule has 1 amide bonds. The van der Waals surface area contributed by atoms with Gasteiger partial charge in [-0.2, -0.15) is 0 Å². The van der Waals surface area contributed by atoms with Gasteiger partial charge in [-0.25, -0.2) is 0 Å². The first-order valence-electron chi connectivity index (χ1n) is 5.13. The highest BCUT2D eigenvalue weighted by Gasteiger charge is 2.17. The summed E-state index contributed by atoms with van der Waals surface area (Å²) < 4.78 is 0. The number of nitrogens with one attached hydrogen (secondary N) is 1. The molecule has 0 aliphatic rings. The fraction of sp³-hybridized carbons (Fsp3) is 0.273. The van der Waals surface area contributed by atoms with Gasteiger partial charge in [0.15, 0.2) is 0 Å². The van der Waals surface area contributed by atoms with Crippen molar-refractivity contribution in [3.05, 3.63) is 39.9 Å². The quantitative estimate of drug-likeness (QED) is 0.605. The van der Waals surface area contributed by atoms with Gasteiger partial charge in [0, 0.05) is 19.1 Å². The molecule has 0 aliphatic heterocycles. The van der Waals surface area contributed by atoms with Gasteiger partial charge in [-0.3, -0.25) is 19.7 Å². The third kappa shape index (κ3) is 3.85. The first-order chi connectivity index (χ1) is 8.40.